The molecule has 30 heavy (non-hydrogen) atoms. The highest BCUT2D eigenvalue weighted by Gasteiger charge is 2.33. The minimum Gasteiger partial charge on any atom is -0.352 e. The number of hydrogen-bond donors (Lipinski definition) is 1. The molecule has 1 amide bonds. The van der Waals surface area contributed by atoms with E-state index in [1.54, 1.807) is 36.8 Å². The van der Waals surface area contributed by atoms with Crippen LogP contribution in [0.25, 0.3) is 5.82 Å². The van der Waals surface area contributed by atoms with Gasteiger partial charge in [0.15, 0.2) is 5.82 Å². The summed E-state index contributed by atoms with van der Waals surface area (Å²) in [4.78, 5) is 29.5. The monoisotopic (exact) mass is 426 g/mol. The van der Waals surface area contributed by atoms with Crippen LogP contribution in [0.2, 0.25) is 5.02 Å². The summed E-state index contributed by atoms with van der Waals surface area (Å²) < 4.78 is 0. The molecule has 1 saturated heterocycles. The number of likely N-dealkylation sites (tertiary alicyclic amines) is 1. The molecule has 4 rings (SSSR count). The van der Waals surface area contributed by atoms with Gasteiger partial charge >= 0.3 is 0 Å². The van der Waals surface area contributed by atoms with Crippen molar-refractivity contribution in [2.75, 3.05) is 18.4 Å². The fourth-order valence-electron chi connectivity index (χ4n) is 3.66. The van der Waals surface area contributed by atoms with E-state index < -0.39 is 0 Å². The average Bonchev–Trinajstić information content (AvgIpc) is 3.20. The summed E-state index contributed by atoms with van der Waals surface area (Å²) in [6, 6.07) is 5.32. The van der Waals surface area contributed by atoms with Gasteiger partial charge in [-0.3, -0.25) is 4.79 Å². The standard InChI is InChI=1S/C20H23ClN8O/c1-13-5-4-8-28(17(13)12-24-20-22-10-15(21)11-23-20)19(30)16-6-3-7-18(26-16)29-25-9-14(2)27-29/h3,6-7,9-11,13,17H,4-5,8,12H2,1-2H3,(H,22,23,24)/t13-,17-/m1/s1. The third-order valence-electron chi connectivity index (χ3n) is 5.23. The van der Waals surface area contributed by atoms with E-state index >= 15 is 0 Å². The Kier molecular flexibility index (Phi) is 5.89. The van der Waals surface area contributed by atoms with Crippen LogP contribution in [0.3, 0.4) is 0 Å². The van der Waals surface area contributed by atoms with Crippen LogP contribution in [0.4, 0.5) is 5.95 Å². The van der Waals surface area contributed by atoms with Crippen LogP contribution >= 0.6 is 11.6 Å². The van der Waals surface area contributed by atoms with E-state index in [1.165, 1.54) is 4.80 Å². The Labute approximate surface area is 179 Å². The highest BCUT2D eigenvalue weighted by atomic mass is 35.5. The molecular weight excluding hydrogens is 404 g/mol. The van der Waals surface area contributed by atoms with Gasteiger partial charge in [-0.15, -0.1) is 4.80 Å². The molecule has 0 bridgehead atoms. The van der Waals surface area contributed by atoms with Crippen molar-refractivity contribution in [3.63, 3.8) is 0 Å². The van der Waals surface area contributed by atoms with Crippen molar-refractivity contribution in [3.8, 4) is 5.82 Å². The van der Waals surface area contributed by atoms with Crippen LogP contribution < -0.4 is 5.32 Å². The van der Waals surface area contributed by atoms with Crippen molar-refractivity contribution in [2.24, 2.45) is 5.92 Å². The number of amides is 1. The van der Waals surface area contributed by atoms with Gasteiger partial charge in [-0.25, -0.2) is 15.0 Å². The number of aryl methyl sites for hydroxylation is 1. The first-order chi connectivity index (χ1) is 14.5. The first-order valence-corrected chi connectivity index (χ1v) is 10.3. The lowest BCUT2D eigenvalue weighted by Crippen LogP contribution is -2.51. The quantitative estimate of drug-likeness (QED) is 0.669. The molecule has 0 radical (unpaired) electrons. The van der Waals surface area contributed by atoms with Crippen LogP contribution in [0.15, 0.2) is 36.8 Å². The molecule has 1 fully saturated rings. The van der Waals surface area contributed by atoms with Crippen molar-refractivity contribution < 1.29 is 4.79 Å². The van der Waals surface area contributed by atoms with E-state index in [-0.39, 0.29) is 11.9 Å². The Morgan fingerprint density at radius 2 is 2.07 bits per heavy atom. The molecule has 0 spiro atoms. The lowest BCUT2D eigenvalue weighted by Gasteiger charge is -2.40. The van der Waals surface area contributed by atoms with E-state index in [2.05, 4.69) is 37.4 Å². The van der Waals surface area contributed by atoms with Crippen molar-refractivity contribution >= 4 is 23.5 Å². The fourth-order valence-corrected chi connectivity index (χ4v) is 3.76. The summed E-state index contributed by atoms with van der Waals surface area (Å²) in [5.74, 6) is 1.24. The molecule has 10 heteroatoms. The molecule has 4 heterocycles. The van der Waals surface area contributed by atoms with Crippen LogP contribution in [-0.4, -0.2) is 59.9 Å². The van der Waals surface area contributed by atoms with Gasteiger partial charge in [-0.1, -0.05) is 24.6 Å². The van der Waals surface area contributed by atoms with Gasteiger partial charge < -0.3 is 10.2 Å². The number of carbonyl (C=O) groups is 1. The van der Waals surface area contributed by atoms with Crippen molar-refractivity contribution in [1.29, 1.82) is 0 Å². The predicted molar refractivity (Wildman–Crippen MR) is 113 cm³/mol. The molecule has 2 atom stereocenters. The lowest BCUT2D eigenvalue weighted by atomic mass is 9.90. The molecular formula is C20H23ClN8O. The SMILES string of the molecule is Cc1cnn(-c2cccc(C(=O)N3CCC[C@@H](C)[C@H]3CNc3ncc(Cl)cn3)n2)n1. The van der Waals surface area contributed by atoms with Gasteiger partial charge in [-0.05, 0) is 37.8 Å². The Balaban J connectivity index is 1.52. The molecule has 0 unspecified atom stereocenters. The molecule has 1 N–H and O–H groups in total. The molecule has 0 aliphatic carbocycles. The summed E-state index contributed by atoms with van der Waals surface area (Å²) in [5.41, 5.74) is 1.17. The van der Waals surface area contributed by atoms with E-state index in [4.69, 9.17) is 11.6 Å². The first kappa shape index (κ1) is 20.2. The highest BCUT2D eigenvalue weighted by Crippen LogP contribution is 2.25. The Bertz CT molecular complexity index is 1020. The van der Waals surface area contributed by atoms with Gasteiger partial charge in [0.05, 0.1) is 35.3 Å². The number of pyridine rings is 1. The zero-order chi connectivity index (χ0) is 21.1. The number of rotatable bonds is 5. The summed E-state index contributed by atoms with van der Waals surface area (Å²) in [5, 5.41) is 12.2. The summed E-state index contributed by atoms with van der Waals surface area (Å²) in [6.45, 7) is 5.25. The number of anilines is 1. The van der Waals surface area contributed by atoms with Crippen molar-refractivity contribution in [1.82, 2.24) is 34.8 Å². The normalized spacial score (nSPS) is 19.0. The van der Waals surface area contributed by atoms with Crippen LogP contribution in [-0.2, 0) is 0 Å². The van der Waals surface area contributed by atoms with Crippen LogP contribution in [0, 0.1) is 12.8 Å². The molecule has 0 saturated carbocycles. The lowest BCUT2D eigenvalue weighted by molar-refractivity contribution is 0.0534. The van der Waals surface area contributed by atoms with Gasteiger partial charge in [0, 0.05) is 13.1 Å². The first-order valence-electron chi connectivity index (χ1n) is 9.90. The minimum atomic E-state index is -0.101. The molecule has 3 aromatic heterocycles. The fraction of sp³-hybridized carbons (Fsp3) is 0.400. The molecule has 9 nitrogen and oxygen atoms in total. The van der Waals surface area contributed by atoms with Crippen molar-refractivity contribution in [3.05, 3.63) is 53.2 Å². The maximum absolute atomic E-state index is 13.3. The largest absolute Gasteiger partial charge is 0.352 e. The molecule has 3 aromatic rings. The number of halogens is 1. The Hall–Kier alpha value is -3.07. The van der Waals surface area contributed by atoms with Gasteiger partial charge in [-0.2, -0.15) is 10.2 Å². The van der Waals surface area contributed by atoms with Crippen LogP contribution in [0.5, 0.6) is 0 Å². The summed E-state index contributed by atoms with van der Waals surface area (Å²) in [7, 11) is 0. The Morgan fingerprint density at radius 1 is 1.27 bits per heavy atom. The number of aromatic nitrogens is 6. The number of piperidine rings is 1. The summed E-state index contributed by atoms with van der Waals surface area (Å²) >= 11 is 5.85. The third-order valence-corrected chi connectivity index (χ3v) is 5.43. The van der Waals surface area contributed by atoms with E-state index in [0.717, 1.165) is 18.5 Å². The Morgan fingerprint density at radius 3 is 2.80 bits per heavy atom. The summed E-state index contributed by atoms with van der Waals surface area (Å²) in [6.07, 6.45) is 6.76. The number of carbonyl (C=O) groups excluding carboxylic acids is 1. The molecule has 1 aliphatic heterocycles. The topological polar surface area (TPSA) is 102 Å². The molecule has 156 valence electrons. The second-order valence-corrected chi connectivity index (χ2v) is 7.88. The third kappa shape index (κ3) is 4.40. The zero-order valence-corrected chi connectivity index (χ0v) is 17.6. The van der Waals surface area contributed by atoms with Gasteiger partial charge in [0.1, 0.15) is 5.69 Å². The van der Waals surface area contributed by atoms with E-state index in [9.17, 15) is 4.79 Å². The number of hydrogen-bond acceptors (Lipinski definition) is 7. The zero-order valence-electron chi connectivity index (χ0n) is 16.9. The van der Waals surface area contributed by atoms with Crippen LogP contribution in [0.1, 0.15) is 35.9 Å². The molecule has 1 aliphatic rings. The number of nitrogens with zero attached hydrogens (tertiary/aromatic N) is 7. The number of nitrogens with one attached hydrogen (secondary N) is 1. The minimum absolute atomic E-state index is 0.000979. The molecule has 0 aromatic carbocycles. The highest BCUT2D eigenvalue weighted by molar-refractivity contribution is 6.30. The smallest absolute Gasteiger partial charge is 0.272 e. The second kappa shape index (κ2) is 8.74. The average molecular weight is 427 g/mol. The predicted octanol–water partition coefficient (Wildman–Crippen LogP) is 2.77. The van der Waals surface area contributed by atoms with Gasteiger partial charge in [0.25, 0.3) is 5.91 Å². The maximum Gasteiger partial charge on any atom is 0.272 e. The van der Waals surface area contributed by atoms with E-state index in [0.29, 0.717) is 41.5 Å². The van der Waals surface area contributed by atoms with E-state index in [1.807, 2.05) is 11.8 Å². The second-order valence-electron chi connectivity index (χ2n) is 7.45. The maximum atomic E-state index is 13.3. The van der Waals surface area contributed by atoms with Gasteiger partial charge in [0.2, 0.25) is 5.95 Å². The van der Waals surface area contributed by atoms with Crippen molar-refractivity contribution in [2.45, 2.75) is 32.7 Å².